The second kappa shape index (κ2) is 6.52. The summed E-state index contributed by atoms with van der Waals surface area (Å²) < 4.78 is 18.3. The number of likely N-dealkylation sites (N-methyl/N-ethyl adjacent to an activating group) is 1. The predicted octanol–water partition coefficient (Wildman–Crippen LogP) is 2.44. The maximum Gasteiger partial charge on any atom is 0.323 e. The Labute approximate surface area is 112 Å². The molecule has 0 amide bonds. The van der Waals surface area contributed by atoms with Gasteiger partial charge in [-0.25, -0.2) is 4.39 Å². The van der Waals surface area contributed by atoms with Crippen LogP contribution in [-0.2, 0) is 4.79 Å². The van der Waals surface area contributed by atoms with Crippen molar-refractivity contribution in [3.63, 3.8) is 0 Å². The highest BCUT2D eigenvalue weighted by atomic mass is 19.1. The number of aliphatic carboxylic acids is 1. The first-order chi connectivity index (χ1) is 8.87. The number of ether oxygens (including phenoxy) is 1. The molecule has 1 rings (SSSR count). The molecule has 106 valence electrons. The number of halogens is 1. The lowest BCUT2D eigenvalue weighted by molar-refractivity contribution is -0.145. The summed E-state index contributed by atoms with van der Waals surface area (Å²) in [5, 5.41) is 12.2. The van der Waals surface area contributed by atoms with E-state index in [1.54, 1.807) is 13.8 Å². The molecular weight excluding hydrogens is 249 g/mol. The average Bonchev–Trinajstić information content (AvgIpc) is 2.32. The minimum Gasteiger partial charge on any atom is -0.491 e. The van der Waals surface area contributed by atoms with E-state index in [1.165, 1.54) is 24.3 Å². The molecule has 0 heterocycles. The Balaban J connectivity index is 2.65. The molecule has 0 fully saturated rings. The minimum absolute atomic E-state index is 0.300. The predicted molar refractivity (Wildman–Crippen MR) is 70.8 cm³/mol. The number of carbonyl (C=O) groups is 1. The van der Waals surface area contributed by atoms with Crippen LogP contribution in [0.25, 0.3) is 0 Å². The van der Waals surface area contributed by atoms with E-state index in [1.807, 2.05) is 6.92 Å². The molecule has 0 saturated carbocycles. The zero-order chi connectivity index (χ0) is 14.5. The number of nitrogens with one attached hydrogen (secondary N) is 1. The van der Waals surface area contributed by atoms with Crippen LogP contribution in [0.2, 0.25) is 0 Å². The summed E-state index contributed by atoms with van der Waals surface area (Å²) in [4.78, 5) is 11.3. The summed E-state index contributed by atoms with van der Waals surface area (Å²) in [5.74, 6) is -0.718. The van der Waals surface area contributed by atoms with Crippen molar-refractivity contribution < 1.29 is 19.0 Å². The van der Waals surface area contributed by atoms with E-state index in [0.29, 0.717) is 18.7 Å². The van der Waals surface area contributed by atoms with Gasteiger partial charge in [-0.2, -0.15) is 0 Å². The maximum absolute atomic E-state index is 12.8. The lowest BCUT2D eigenvalue weighted by Gasteiger charge is -2.29. The third-order valence-electron chi connectivity index (χ3n) is 2.89. The smallest absolute Gasteiger partial charge is 0.323 e. The molecule has 2 atom stereocenters. The van der Waals surface area contributed by atoms with Crippen LogP contribution < -0.4 is 10.1 Å². The number of hydrogen-bond donors (Lipinski definition) is 2. The second-order valence-corrected chi connectivity index (χ2v) is 4.75. The summed E-state index contributed by atoms with van der Waals surface area (Å²) in [6, 6.07) is 5.67. The Morgan fingerprint density at radius 2 is 2.05 bits per heavy atom. The van der Waals surface area contributed by atoms with Crippen LogP contribution in [0.5, 0.6) is 5.75 Å². The zero-order valence-electron chi connectivity index (χ0n) is 11.4. The summed E-state index contributed by atoms with van der Waals surface area (Å²) in [7, 11) is 0. The quantitative estimate of drug-likeness (QED) is 0.798. The van der Waals surface area contributed by atoms with E-state index in [9.17, 15) is 14.3 Å². The highest BCUT2D eigenvalue weighted by Gasteiger charge is 2.34. The minimum atomic E-state index is -1.03. The van der Waals surface area contributed by atoms with Crippen molar-refractivity contribution in [1.29, 1.82) is 0 Å². The number of rotatable bonds is 7. The van der Waals surface area contributed by atoms with Gasteiger partial charge < -0.3 is 15.2 Å². The largest absolute Gasteiger partial charge is 0.491 e. The first-order valence-corrected chi connectivity index (χ1v) is 6.28. The van der Waals surface area contributed by atoms with E-state index >= 15 is 0 Å². The summed E-state index contributed by atoms with van der Waals surface area (Å²) >= 11 is 0. The molecule has 1 aromatic rings. The van der Waals surface area contributed by atoms with Crippen molar-refractivity contribution in [1.82, 2.24) is 5.32 Å². The summed E-state index contributed by atoms with van der Waals surface area (Å²) in [6.07, 6.45) is 0.0127. The fourth-order valence-electron chi connectivity index (χ4n) is 1.99. The fourth-order valence-corrected chi connectivity index (χ4v) is 1.99. The average molecular weight is 269 g/mol. The highest BCUT2D eigenvalue weighted by Crippen LogP contribution is 2.19. The number of carboxylic acid groups (broad SMARTS) is 1. The van der Waals surface area contributed by atoms with E-state index < -0.39 is 11.5 Å². The number of carboxylic acids is 1. The molecule has 0 aliphatic carbocycles. The van der Waals surface area contributed by atoms with E-state index in [4.69, 9.17) is 4.74 Å². The Kier molecular flexibility index (Phi) is 5.30. The van der Waals surface area contributed by atoms with Crippen LogP contribution in [0.1, 0.15) is 27.2 Å². The number of benzene rings is 1. The van der Waals surface area contributed by atoms with Gasteiger partial charge >= 0.3 is 5.97 Å². The Morgan fingerprint density at radius 1 is 1.47 bits per heavy atom. The molecule has 2 N–H and O–H groups in total. The molecule has 0 spiro atoms. The van der Waals surface area contributed by atoms with E-state index in [-0.39, 0.29) is 11.9 Å². The van der Waals surface area contributed by atoms with Crippen LogP contribution in [-0.4, -0.2) is 29.3 Å². The van der Waals surface area contributed by atoms with Crippen LogP contribution >= 0.6 is 0 Å². The molecule has 0 aliphatic heterocycles. The van der Waals surface area contributed by atoms with Crippen LogP contribution in [0.4, 0.5) is 4.39 Å². The third-order valence-corrected chi connectivity index (χ3v) is 2.89. The molecule has 4 nitrogen and oxygen atoms in total. The van der Waals surface area contributed by atoms with Crippen molar-refractivity contribution in [2.45, 2.75) is 38.8 Å². The molecular formula is C14H20FNO3. The molecule has 1 aromatic carbocycles. The molecule has 0 aliphatic rings. The van der Waals surface area contributed by atoms with Gasteiger partial charge in [0.1, 0.15) is 17.1 Å². The monoisotopic (exact) mass is 269 g/mol. The fraction of sp³-hybridized carbons (Fsp3) is 0.500. The van der Waals surface area contributed by atoms with Crippen molar-refractivity contribution in [3.05, 3.63) is 30.1 Å². The van der Waals surface area contributed by atoms with Crippen molar-refractivity contribution in [2.75, 3.05) is 6.54 Å². The van der Waals surface area contributed by atoms with Gasteiger partial charge in [0.25, 0.3) is 0 Å². The first kappa shape index (κ1) is 15.4. The zero-order valence-corrected chi connectivity index (χ0v) is 11.4. The van der Waals surface area contributed by atoms with Gasteiger partial charge in [0.2, 0.25) is 0 Å². The topological polar surface area (TPSA) is 58.6 Å². The van der Waals surface area contributed by atoms with E-state index in [0.717, 1.165) is 0 Å². The SMILES string of the molecule is CCNC(C)(CC(C)Oc1ccc(F)cc1)C(=O)O. The Bertz CT molecular complexity index is 421. The number of hydrogen-bond acceptors (Lipinski definition) is 3. The molecule has 0 saturated heterocycles. The molecule has 19 heavy (non-hydrogen) atoms. The molecule has 5 heteroatoms. The van der Waals surface area contributed by atoms with Crippen LogP contribution in [0.3, 0.4) is 0 Å². The lowest BCUT2D eigenvalue weighted by atomic mass is 9.95. The second-order valence-electron chi connectivity index (χ2n) is 4.75. The van der Waals surface area contributed by atoms with Gasteiger partial charge in [0, 0.05) is 6.42 Å². The molecule has 0 aromatic heterocycles. The first-order valence-electron chi connectivity index (χ1n) is 6.28. The van der Waals surface area contributed by atoms with Gasteiger partial charge in [-0.05, 0) is 44.7 Å². The normalized spacial score (nSPS) is 15.6. The Morgan fingerprint density at radius 3 is 2.53 bits per heavy atom. The summed E-state index contributed by atoms with van der Waals surface area (Å²) in [5.41, 5.74) is -1.03. The van der Waals surface area contributed by atoms with Crippen molar-refractivity contribution in [2.24, 2.45) is 0 Å². The molecule has 0 bridgehead atoms. The summed E-state index contributed by atoms with van der Waals surface area (Å²) in [6.45, 7) is 5.84. The van der Waals surface area contributed by atoms with Crippen LogP contribution in [0, 0.1) is 5.82 Å². The maximum atomic E-state index is 12.8. The third kappa shape index (κ3) is 4.52. The van der Waals surface area contributed by atoms with Gasteiger partial charge in [0.15, 0.2) is 0 Å². The Hall–Kier alpha value is -1.62. The van der Waals surface area contributed by atoms with Gasteiger partial charge in [-0.15, -0.1) is 0 Å². The van der Waals surface area contributed by atoms with Crippen molar-refractivity contribution in [3.8, 4) is 5.75 Å². The van der Waals surface area contributed by atoms with Gasteiger partial charge in [-0.3, -0.25) is 4.79 Å². The van der Waals surface area contributed by atoms with Crippen molar-refractivity contribution >= 4 is 5.97 Å². The lowest BCUT2D eigenvalue weighted by Crippen LogP contribution is -2.51. The van der Waals surface area contributed by atoms with E-state index in [2.05, 4.69) is 5.32 Å². The van der Waals surface area contributed by atoms with Crippen LogP contribution in [0.15, 0.2) is 24.3 Å². The molecule has 0 radical (unpaired) electrons. The highest BCUT2D eigenvalue weighted by molar-refractivity contribution is 5.78. The molecule has 2 unspecified atom stereocenters. The van der Waals surface area contributed by atoms with Gasteiger partial charge in [-0.1, -0.05) is 6.92 Å². The standard InChI is InChI=1S/C14H20FNO3/c1-4-16-14(3,13(17)18)9-10(2)19-12-7-5-11(15)6-8-12/h5-8,10,16H,4,9H2,1-3H3,(H,17,18). The van der Waals surface area contributed by atoms with Gasteiger partial charge in [0.05, 0.1) is 6.10 Å².